The van der Waals surface area contributed by atoms with Gasteiger partial charge in [-0.05, 0) is 51.6 Å². The quantitative estimate of drug-likeness (QED) is 0.657. The van der Waals surface area contributed by atoms with Gasteiger partial charge in [0.05, 0.1) is 6.54 Å². The van der Waals surface area contributed by atoms with Crippen LogP contribution in [0, 0.1) is 10.8 Å². The number of halogens is 3. The molecule has 0 aromatic carbocycles. The number of nitrogens with one attached hydrogen (secondary N) is 1. The summed E-state index contributed by atoms with van der Waals surface area (Å²) >= 11 is 1.08. The van der Waals surface area contributed by atoms with Crippen LogP contribution in [-0.4, -0.2) is 80.2 Å². The minimum Gasteiger partial charge on any atom is -0.323 e. The monoisotopic (exact) mass is 521 g/mol. The molecule has 2 aromatic rings. The molecule has 3 aliphatic heterocycles. The van der Waals surface area contributed by atoms with Crippen molar-refractivity contribution in [3.63, 3.8) is 0 Å². The van der Waals surface area contributed by atoms with E-state index >= 15 is 0 Å². The predicted molar refractivity (Wildman–Crippen MR) is 125 cm³/mol. The third-order valence-electron chi connectivity index (χ3n) is 8.97. The van der Waals surface area contributed by atoms with Crippen LogP contribution < -0.4 is 0 Å². The Morgan fingerprint density at radius 2 is 1.69 bits per heavy atom. The number of aromatic nitrogens is 4. The molecule has 36 heavy (non-hydrogen) atoms. The van der Waals surface area contributed by atoms with Gasteiger partial charge in [-0.25, -0.2) is 14.8 Å². The fourth-order valence-electron chi connectivity index (χ4n) is 6.64. The van der Waals surface area contributed by atoms with Crippen LogP contribution in [0.25, 0.3) is 0 Å². The van der Waals surface area contributed by atoms with E-state index in [9.17, 15) is 18.0 Å². The Hall–Kier alpha value is -2.21. The fraction of sp³-hybridized carbons (Fsp3) is 0.750. The maximum absolute atomic E-state index is 13.0. The highest BCUT2D eigenvalue weighted by atomic mass is 32.1. The molecule has 2 aromatic heterocycles. The number of urea groups is 1. The van der Waals surface area contributed by atoms with E-state index in [0.29, 0.717) is 23.4 Å². The summed E-state index contributed by atoms with van der Waals surface area (Å²) in [6, 6.07) is 0.162. The zero-order chi connectivity index (χ0) is 24.7. The summed E-state index contributed by atoms with van der Waals surface area (Å²) in [5, 5.41) is 9.13. The Kier molecular flexibility index (Phi) is 5.03. The van der Waals surface area contributed by atoms with Gasteiger partial charge in [0.1, 0.15) is 10.8 Å². The largest absolute Gasteiger partial charge is 0.434 e. The van der Waals surface area contributed by atoms with Crippen molar-refractivity contribution >= 4 is 17.4 Å². The summed E-state index contributed by atoms with van der Waals surface area (Å²) < 4.78 is 38.4. The number of aromatic amines is 1. The van der Waals surface area contributed by atoms with Crippen molar-refractivity contribution in [3.8, 4) is 0 Å². The van der Waals surface area contributed by atoms with Crippen molar-refractivity contribution in [1.29, 1.82) is 0 Å². The van der Waals surface area contributed by atoms with E-state index in [1.165, 1.54) is 12.8 Å². The van der Waals surface area contributed by atoms with Crippen LogP contribution >= 0.6 is 11.3 Å². The van der Waals surface area contributed by atoms with E-state index in [1.807, 2.05) is 9.80 Å². The van der Waals surface area contributed by atoms with Gasteiger partial charge in [-0.1, -0.05) is 0 Å². The molecule has 5 aliphatic rings. The normalized spacial score (nSPS) is 25.6. The summed E-state index contributed by atoms with van der Waals surface area (Å²) in [4.78, 5) is 27.6. The molecule has 7 rings (SSSR count). The summed E-state index contributed by atoms with van der Waals surface area (Å²) in [5.41, 5.74) is -0.361. The molecule has 194 valence electrons. The molecule has 12 heteroatoms. The number of alkyl halides is 3. The van der Waals surface area contributed by atoms with Gasteiger partial charge >= 0.3 is 12.2 Å². The van der Waals surface area contributed by atoms with Gasteiger partial charge in [0.15, 0.2) is 11.5 Å². The van der Waals surface area contributed by atoms with Crippen molar-refractivity contribution in [1.82, 2.24) is 34.9 Å². The molecule has 2 amide bonds. The van der Waals surface area contributed by atoms with E-state index in [2.05, 4.69) is 20.1 Å². The molecule has 0 radical (unpaired) electrons. The first-order valence-electron chi connectivity index (χ1n) is 12.9. The van der Waals surface area contributed by atoms with Gasteiger partial charge in [-0.3, -0.25) is 10.00 Å². The molecule has 5 heterocycles. The molecule has 2 spiro atoms. The van der Waals surface area contributed by atoms with Crippen LogP contribution in [0.4, 0.5) is 18.0 Å². The van der Waals surface area contributed by atoms with Crippen molar-refractivity contribution < 1.29 is 18.0 Å². The highest BCUT2D eigenvalue weighted by Crippen LogP contribution is 2.56. The molecular formula is C24H30F3N7OS. The standard InChI is InChI=1S/C24H30F3N7OS/c25-24(26,27)17-10-36-18(28-17)9-32-5-3-22(4-6-32)11-33(12-22)21(35)34-13-23(14-34)7-16(8-23)20-29-19(30-31-20)15-1-2-15/h10,15-16H,1-9,11-14H2,(H,29,30,31). The fourth-order valence-corrected chi connectivity index (χ4v) is 7.48. The number of thiazole rings is 1. The number of amides is 2. The number of piperidine rings is 1. The SMILES string of the molecule is O=C(N1CC2(CCN(Cc3nc(C(F)(F)F)cs3)CC2)C1)N1CC2(CC(c3nc(C4CC4)n[nH]3)C2)C1. The molecule has 8 nitrogen and oxygen atoms in total. The lowest BCUT2D eigenvalue weighted by molar-refractivity contribution is -0.140. The van der Waals surface area contributed by atoms with Crippen LogP contribution in [0.2, 0.25) is 0 Å². The second kappa shape index (κ2) is 7.89. The molecule has 1 N–H and O–H groups in total. The number of nitrogens with zero attached hydrogens (tertiary/aromatic N) is 6. The third kappa shape index (κ3) is 4.00. The smallest absolute Gasteiger partial charge is 0.323 e. The second-order valence-corrected chi connectivity index (χ2v) is 12.8. The van der Waals surface area contributed by atoms with Gasteiger partial charge < -0.3 is 9.80 Å². The molecule has 2 aliphatic carbocycles. The first-order valence-corrected chi connectivity index (χ1v) is 13.8. The van der Waals surface area contributed by atoms with Gasteiger partial charge in [0.25, 0.3) is 0 Å². The maximum atomic E-state index is 13.0. The number of H-pyrrole nitrogens is 1. The van der Waals surface area contributed by atoms with Crippen LogP contribution in [-0.2, 0) is 12.7 Å². The topological polar surface area (TPSA) is 81.2 Å². The minimum absolute atomic E-state index is 0.162. The van der Waals surface area contributed by atoms with E-state index in [0.717, 1.165) is 93.3 Å². The lowest BCUT2D eigenvalue weighted by Crippen LogP contribution is -2.70. The predicted octanol–water partition coefficient (Wildman–Crippen LogP) is 4.05. The summed E-state index contributed by atoms with van der Waals surface area (Å²) in [6.45, 7) is 5.41. The third-order valence-corrected chi connectivity index (χ3v) is 9.81. The first-order chi connectivity index (χ1) is 17.2. The molecule has 0 bridgehead atoms. The minimum atomic E-state index is -4.38. The molecule has 0 atom stereocenters. The number of hydrogen-bond donors (Lipinski definition) is 1. The van der Waals surface area contributed by atoms with Crippen LogP contribution in [0.1, 0.15) is 72.7 Å². The molecule has 0 unspecified atom stereocenters. The van der Waals surface area contributed by atoms with Gasteiger partial charge in [-0.15, -0.1) is 11.3 Å². The van der Waals surface area contributed by atoms with E-state index < -0.39 is 11.9 Å². The van der Waals surface area contributed by atoms with Crippen molar-refractivity contribution in [2.75, 3.05) is 39.3 Å². The zero-order valence-corrected chi connectivity index (χ0v) is 20.9. The summed E-state index contributed by atoms with van der Waals surface area (Å²) in [7, 11) is 0. The maximum Gasteiger partial charge on any atom is 0.434 e. The highest BCUT2D eigenvalue weighted by molar-refractivity contribution is 7.09. The van der Waals surface area contributed by atoms with Crippen molar-refractivity contribution in [2.45, 2.75) is 63.1 Å². The Labute approximate surface area is 211 Å². The number of rotatable bonds is 4. The van der Waals surface area contributed by atoms with E-state index in [4.69, 9.17) is 4.98 Å². The van der Waals surface area contributed by atoms with Crippen LogP contribution in [0.5, 0.6) is 0 Å². The van der Waals surface area contributed by atoms with Crippen molar-refractivity contribution in [2.24, 2.45) is 10.8 Å². The van der Waals surface area contributed by atoms with Crippen LogP contribution in [0.15, 0.2) is 5.38 Å². The molecular weight excluding hydrogens is 491 g/mol. The lowest BCUT2D eigenvalue weighted by Gasteiger charge is -2.61. The van der Waals surface area contributed by atoms with Gasteiger partial charge in [0.2, 0.25) is 0 Å². The molecule has 5 fully saturated rings. The lowest BCUT2D eigenvalue weighted by atomic mass is 9.57. The highest BCUT2D eigenvalue weighted by Gasteiger charge is 2.57. The van der Waals surface area contributed by atoms with Crippen LogP contribution in [0.3, 0.4) is 0 Å². The Balaban J connectivity index is 0.843. The molecule has 2 saturated carbocycles. The Morgan fingerprint density at radius 3 is 2.31 bits per heavy atom. The van der Waals surface area contributed by atoms with E-state index in [1.54, 1.807) is 0 Å². The number of carbonyl (C=O) groups is 1. The molecule has 3 saturated heterocycles. The van der Waals surface area contributed by atoms with Gasteiger partial charge in [-0.2, -0.15) is 18.3 Å². The number of carbonyl (C=O) groups excluding carboxylic acids is 1. The summed E-state index contributed by atoms with van der Waals surface area (Å²) in [5.74, 6) is 3.02. The Morgan fingerprint density at radius 1 is 1.03 bits per heavy atom. The van der Waals surface area contributed by atoms with Crippen molar-refractivity contribution in [3.05, 3.63) is 27.7 Å². The number of likely N-dealkylation sites (tertiary alicyclic amines) is 3. The second-order valence-electron chi connectivity index (χ2n) is 11.9. The average Bonchev–Trinajstić information content (AvgIpc) is 3.29. The van der Waals surface area contributed by atoms with E-state index in [-0.39, 0.29) is 16.9 Å². The summed E-state index contributed by atoms with van der Waals surface area (Å²) in [6.07, 6.45) is 2.14. The average molecular weight is 522 g/mol. The number of hydrogen-bond acceptors (Lipinski definition) is 6. The first kappa shape index (κ1) is 22.9. The zero-order valence-electron chi connectivity index (χ0n) is 20.1. The van der Waals surface area contributed by atoms with Gasteiger partial charge in [0, 0.05) is 54.2 Å². The Bertz CT molecular complexity index is 1140.